The molecule has 4 fully saturated rings. The zero-order valence-corrected chi connectivity index (χ0v) is 36.1. The second-order valence-corrected chi connectivity index (χ2v) is 16.8. The molecule has 4 aliphatic rings. The van der Waals surface area contributed by atoms with Crippen molar-refractivity contribution in [1.82, 2.24) is 35.2 Å². The highest BCUT2D eigenvalue weighted by Crippen LogP contribution is 2.36. The maximum absolute atomic E-state index is 9.40. The fourth-order valence-corrected chi connectivity index (χ4v) is 8.51. The maximum atomic E-state index is 9.40. The van der Waals surface area contributed by atoms with E-state index in [9.17, 15) is 10.2 Å². The smallest absolute Gasteiger partial charge is 0.150 e. The van der Waals surface area contributed by atoms with Crippen LogP contribution < -0.4 is 20.0 Å². The molecule has 6 aromatic rings. The number of anilines is 3. The molecule has 12 nitrogen and oxygen atoms in total. The normalized spacial score (nSPS) is 17.5. The Morgan fingerprint density at radius 2 is 1.08 bits per heavy atom. The first-order chi connectivity index (χ1) is 28.8. The van der Waals surface area contributed by atoms with Gasteiger partial charge in [0.1, 0.15) is 11.0 Å². The molecule has 0 saturated carbocycles. The summed E-state index contributed by atoms with van der Waals surface area (Å²) >= 11 is 5.75. The molecule has 4 aliphatic heterocycles. The molecule has 14 heteroatoms. The molecule has 10 rings (SSSR count). The molecule has 4 aromatic heterocycles. The van der Waals surface area contributed by atoms with Crippen molar-refractivity contribution in [2.24, 2.45) is 11.8 Å². The van der Waals surface area contributed by atoms with Crippen molar-refractivity contribution in [3.63, 3.8) is 0 Å². The zero-order chi connectivity index (χ0) is 40.7. The van der Waals surface area contributed by atoms with Gasteiger partial charge in [-0.05, 0) is 99.9 Å². The van der Waals surface area contributed by atoms with Crippen LogP contribution in [0.15, 0.2) is 85.5 Å². The van der Waals surface area contributed by atoms with Crippen LogP contribution >= 0.6 is 24.0 Å². The number of nitrogens with one attached hydrogen (secondary N) is 1. The van der Waals surface area contributed by atoms with E-state index < -0.39 is 0 Å². The third-order valence-corrected chi connectivity index (χ3v) is 12.4. The highest BCUT2D eigenvalue weighted by Gasteiger charge is 2.34. The quantitative estimate of drug-likeness (QED) is 0.141. The first-order valence-electron chi connectivity index (χ1n) is 21.0. The molecule has 0 spiro atoms. The summed E-state index contributed by atoms with van der Waals surface area (Å²) in [6.45, 7) is 12.5. The van der Waals surface area contributed by atoms with Crippen molar-refractivity contribution in [3.8, 4) is 0 Å². The van der Waals surface area contributed by atoms with Crippen LogP contribution in [0.25, 0.3) is 21.8 Å². The molecular weight excluding hydrogens is 795 g/mol. The summed E-state index contributed by atoms with van der Waals surface area (Å²) in [4.78, 5) is 34.4. The molecule has 0 radical (unpaired) electrons. The lowest BCUT2D eigenvalue weighted by Gasteiger charge is -2.41. The van der Waals surface area contributed by atoms with Crippen molar-refractivity contribution in [2.45, 2.75) is 51.4 Å². The van der Waals surface area contributed by atoms with Gasteiger partial charge in [0, 0.05) is 113 Å². The van der Waals surface area contributed by atoms with Gasteiger partial charge in [-0.15, -0.1) is 12.4 Å². The van der Waals surface area contributed by atoms with Gasteiger partial charge in [-0.2, -0.15) is 0 Å². The highest BCUT2D eigenvalue weighted by atomic mass is 35.5. The Hall–Kier alpha value is -4.72. The van der Waals surface area contributed by atoms with E-state index in [2.05, 4.69) is 90.2 Å². The summed E-state index contributed by atoms with van der Waals surface area (Å²) in [5, 5.41) is 24.7. The number of piperidine rings is 2. The minimum Gasteiger partial charge on any atom is -0.396 e. The van der Waals surface area contributed by atoms with E-state index in [0.29, 0.717) is 35.4 Å². The Labute approximate surface area is 363 Å². The summed E-state index contributed by atoms with van der Waals surface area (Å²) < 4.78 is 0. The van der Waals surface area contributed by atoms with E-state index in [-0.39, 0.29) is 19.0 Å². The van der Waals surface area contributed by atoms with Crippen LogP contribution in [0.1, 0.15) is 60.0 Å². The number of aliphatic hydroxyl groups is 2. The van der Waals surface area contributed by atoms with Crippen molar-refractivity contribution < 1.29 is 10.2 Å². The Balaban J connectivity index is 0.000000149. The van der Waals surface area contributed by atoms with Crippen molar-refractivity contribution >= 4 is 63.3 Å². The Morgan fingerprint density at radius 3 is 1.58 bits per heavy atom. The van der Waals surface area contributed by atoms with Gasteiger partial charge in [0.05, 0.1) is 22.4 Å². The minimum absolute atomic E-state index is 0. The third-order valence-electron chi connectivity index (χ3n) is 12.2. The third kappa shape index (κ3) is 10.2. The SMILES string of the molecule is Cc1ccc2nc(Cl)ccc2c1.Cc1ccc2nc(N3CC(c4nccnc4N4CCC(CO)CC4)C3)ccc2c1.Cl.OCC1CCN(c2nccnc2C2CNC2)CC1. The van der Waals surface area contributed by atoms with E-state index in [1.807, 2.05) is 24.3 Å². The number of aliphatic hydroxyl groups excluding tert-OH is 2. The van der Waals surface area contributed by atoms with E-state index in [0.717, 1.165) is 123 Å². The van der Waals surface area contributed by atoms with E-state index >= 15 is 0 Å². The maximum Gasteiger partial charge on any atom is 0.150 e. The molecule has 3 N–H and O–H groups in total. The summed E-state index contributed by atoms with van der Waals surface area (Å²) in [7, 11) is 0. The van der Waals surface area contributed by atoms with Crippen molar-refractivity contribution in [2.75, 3.05) is 80.3 Å². The van der Waals surface area contributed by atoms with Crippen molar-refractivity contribution in [3.05, 3.63) is 113 Å². The number of fused-ring (bicyclic) bond motifs is 2. The van der Waals surface area contributed by atoms with Crippen LogP contribution in [-0.2, 0) is 0 Å². The zero-order valence-electron chi connectivity index (χ0n) is 34.5. The number of aromatic nitrogens is 6. The summed E-state index contributed by atoms with van der Waals surface area (Å²) in [5.74, 6) is 4.90. The molecule has 60 heavy (non-hydrogen) atoms. The first kappa shape index (κ1) is 43.4. The predicted octanol–water partition coefficient (Wildman–Crippen LogP) is 7.14. The number of nitrogens with zero attached hydrogens (tertiary/aromatic N) is 9. The van der Waals surface area contributed by atoms with Crippen LogP contribution in [0.5, 0.6) is 0 Å². The fourth-order valence-electron chi connectivity index (χ4n) is 8.35. The molecular formula is C46H56Cl2N10O2. The van der Waals surface area contributed by atoms with Crippen LogP contribution in [0.4, 0.5) is 17.5 Å². The number of pyridine rings is 2. The van der Waals surface area contributed by atoms with Crippen LogP contribution in [-0.4, -0.2) is 106 Å². The lowest BCUT2D eigenvalue weighted by atomic mass is 9.93. The molecule has 8 heterocycles. The number of aryl methyl sites for hydroxylation is 2. The highest BCUT2D eigenvalue weighted by molar-refractivity contribution is 6.29. The average molecular weight is 852 g/mol. The molecule has 0 aliphatic carbocycles. The topological polar surface area (TPSA) is 140 Å². The van der Waals surface area contributed by atoms with Gasteiger partial charge in [-0.3, -0.25) is 9.97 Å². The lowest BCUT2D eigenvalue weighted by Crippen LogP contribution is -2.47. The van der Waals surface area contributed by atoms with E-state index in [1.54, 1.807) is 24.8 Å². The standard InChI is InChI=1S/C23H27N5O.C13H20N4O.C10H8ClN.ClH/c1-16-2-4-20-18(12-16)3-5-21(26-20)28-13-19(14-28)22-23(25-9-8-24-22)27-10-6-17(15-29)7-11-27;18-9-10-1-5-17(6-2-10)13-12(11-7-14-8-11)15-3-4-16-13;1-7-2-4-9-8(6-7)3-5-10(11)12-9;/h2-5,8-9,12,17,19,29H,6-7,10-11,13-15H2,1H3;3-4,10-11,14,18H,1-2,5-9H2;2-6H,1H3;1H. The molecule has 0 unspecified atom stereocenters. The largest absolute Gasteiger partial charge is 0.396 e. The van der Waals surface area contributed by atoms with Gasteiger partial charge in [0.15, 0.2) is 11.6 Å². The summed E-state index contributed by atoms with van der Waals surface area (Å²) in [5.41, 5.74) is 6.73. The second kappa shape index (κ2) is 20.2. The monoisotopic (exact) mass is 850 g/mol. The second-order valence-electron chi connectivity index (χ2n) is 16.4. The van der Waals surface area contributed by atoms with Gasteiger partial charge in [-0.25, -0.2) is 19.9 Å². The van der Waals surface area contributed by atoms with E-state index in [4.69, 9.17) is 21.6 Å². The number of halogens is 2. The molecule has 0 bridgehead atoms. The number of rotatable bonds is 7. The average Bonchev–Trinajstić information content (AvgIpc) is 3.24. The van der Waals surface area contributed by atoms with Gasteiger partial charge < -0.3 is 30.2 Å². The summed E-state index contributed by atoms with van der Waals surface area (Å²) in [6.07, 6.45) is 11.3. The number of hydrogen-bond donors (Lipinski definition) is 3. The predicted molar refractivity (Wildman–Crippen MR) is 244 cm³/mol. The minimum atomic E-state index is 0. The Bertz CT molecular complexity index is 2290. The van der Waals surface area contributed by atoms with Gasteiger partial charge in [-0.1, -0.05) is 34.9 Å². The Kier molecular flexibility index (Phi) is 14.6. The number of benzene rings is 2. The molecule has 316 valence electrons. The van der Waals surface area contributed by atoms with Crippen molar-refractivity contribution in [1.29, 1.82) is 0 Å². The molecule has 0 atom stereocenters. The summed E-state index contributed by atoms with van der Waals surface area (Å²) in [6, 6.07) is 20.6. The molecule has 0 amide bonds. The van der Waals surface area contributed by atoms with Crippen LogP contribution in [0, 0.1) is 25.7 Å². The van der Waals surface area contributed by atoms with Crippen LogP contribution in [0.3, 0.4) is 0 Å². The van der Waals surface area contributed by atoms with Gasteiger partial charge in [0.2, 0.25) is 0 Å². The fraction of sp³-hybridized carbons (Fsp3) is 0.435. The molecule has 2 aromatic carbocycles. The first-order valence-corrected chi connectivity index (χ1v) is 21.4. The van der Waals surface area contributed by atoms with E-state index in [1.165, 1.54) is 16.5 Å². The molecule has 4 saturated heterocycles. The van der Waals surface area contributed by atoms with Crippen LogP contribution in [0.2, 0.25) is 5.15 Å². The Morgan fingerprint density at radius 1 is 0.600 bits per heavy atom. The lowest BCUT2D eigenvalue weighted by molar-refractivity contribution is 0.202. The van der Waals surface area contributed by atoms with Gasteiger partial charge >= 0.3 is 0 Å². The number of hydrogen-bond acceptors (Lipinski definition) is 12. The van der Waals surface area contributed by atoms with Gasteiger partial charge in [0.25, 0.3) is 0 Å².